The van der Waals surface area contributed by atoms with E-state index in [1.807, 2.05) is 19.1 Å². The summed E-state index contributed by atoms with van der Waals surface area (Å²) < 4.78 is 5.23. The Labute approximate surface area is 116 Å². The molecule has 0 atom stereocenters. The number of hydrogen-bond donors (Lipinski definition) is 1. The Morgan fingerprint density at radius 2 is 2.26 bits per heavy atom. The Balaban J connectivity index is 2.34. The molecule has 0 radical (unpaired) electrons. The van der Waals surface area contributed by atoms with Gasteiger partial charge in [0.25, 0.3) is 0 Å². The Hall–Kier alpha value is -1.72. The Bertz CT molecular complexity index is 593. The minimum Gasteiger partial charge on any atom is -0.496 e. The summed E-state index contributed by atoms with van der Waals surface area (Å²) in [6.45, 7) is 2.48. The van der Waals surface area contributed by atoms with E-state index >= 15 is 0 Å². The molecule has 1 aromatic carbocycles. The highest BCUT2D eigenvalue weighted by Crippen LogP contribution is 2.23. The molecule has 0 aliphatic rings. The third-order valence-corrected chi connectivity index (χ3v) is 3.65. The van der Waals surface area contributed by atoms with Crippen LogP contribution in [0.15, 0.2) is 23.6 Å². The van der Waals surface area contributed by atoms with Crippen LogP contribution in [0.5, 0.6) is 5.75 Å². The Kier molecular flexibility index (Phi) is 4.29. The molecule has 100 valence electrons. The first-order valence-electron chi connectivity index (χ1n) is 5.99. The summed E-state index contributed by atoms with van der Waals surface area (Å²) in [5.41, 5.74) is 7.50. The van der Waals surface area contributed by atoms with E-state index in [9.17, 15) is 4.79 Å². The molecule has 0 spiro atoms. The van der Waals surface area contributed by atoms with Crippen molar-refractivity contribution < 1.29 is 9.53 Å². The zero-order valence-electron chi connectivity index (χ0n) is 11.0. The second-order valence-electron chi connectivity index (χ2n) is 4.20. The van der Waals surface area contributed by atoms with Gasteiger partial charge in [-0.3, -0.25) is 4.79 Å². The molecule has 4 nitrogen and oxygen atoms in total. The molecule has 2 rings (SSSR count). The first-order valence-corrected chi connectivity index (χ1v) is 6.87. The molecule has 0 saturated carbocycles. The minimum absolute atomic E-state index is 0.111. The molecule has 5 heteroatoms. The normalized spacial score (nSPS) is 10.5. The van der Waals surface area contributed by atoms with Crippen molar-refractivity contribution in [3.8, 4) is 5.75 Å². The van der Waals surface area contributed by atoms with Crippen LogP contribution in [0.4, 0.5) is 0 Å². The van der Waals surface area contributed by atoms with Crippen molar-refractivity contribution in [2.24, 2.45) is 5.73 Å². The summed E-state index contributed by atoms with van der Waals surface area (Å²) in [5, 5.41) is 2.66. The maximum atomic E-state index is 12.4. The van der Waals surface area contributed by atoms with Crippen LogP contribution in [0.25, 0.3) is 0 Å². The van der Waals surface area contributed by atoms with Gasteiger partial charge in [-0.25, -0.2) is 4.98 Å². The highest BCUT2D eigenvalue weighted by atomic mass is 32.1. The summed E-state index contributed by atoms with van der Waals surface area (Å²) >= 11 is 1.46. The SMILES string of the molecule is COc1ccc(C)cc1C(=O)c1csc(CCN)n1. The van der Waals surface area contributed by atoms with Gasteiger partial charge in [0, 0.05) is 11.8 Å². The monoisotopic (exact) mass is 276 g/mol. The van der Waals surface area contributed by atoms with Gasteiger partial charge in [-0.2, -0.15) is 0 Å². The van der Waals surface area contributed by atoms with E-state index < -0.39 is 0 Å². The smallest absolute Gasteiger partial charge is 0.215 e. The number of rotatable bonds is 5. The van der Waals surface area contributed by atoms with Crippen molar-refractivity contribution in [3.63, 3.8) is 0 Å². The molecular weight excluding hydrogens is 260 g/mol. The van der Waals surface area contributed by atoms with E-state index in [4.69, 9.17) is 10.5 Å². The molecule has 0 aliphatic carbocycles. The average Bonchev–Trinajstić information content (AvgIpc) is 2.87. The summed E-state index contributed by atoms with van der Waals surface area (Å²) in [6.07, 6.45) is 0.697. The number of nitrogens with two attached hydrogens (primary N) is 1. The lowest BCUT2D eigenvalue weighted by molar-refractivity contribution is 0.103. The topological polar surface area (TPSA) is 65.2 Å². The standard InChI is InChI=1S/C14H16N2O2S/c1-9-3-4-12(18-2)10(7-9)14(17)11-8-19-13(16-11)5-6-15/h3-4,7-8H,5-6,15H2,1-2H3. The van der Waals surface area contributed by atoms with Gasteiger partial charge in [-0.15, -0.1) is 11.3 Å². The first-order chi connectivity index (χ1) is 9.15. The summed E-state index contributed by atoms with van der Waals surface area (Å²) in [6, 6.07) is 5.54. The molecule has 0 unspecified atom stereocenters. The number of hydrogen-bond acceptors (Lipinski definition) is 5. The van der Waals surface area contributed by atoms with Gasteiger partial charge in [-0.05, 0) is 25.6 Å². The van der Waals surface area contributed by atoms with E-state index in [1.165, 1.54) is 11.3 Å². The van der Waals surface area contributed by atoms with Gasteiger partial charge < -0.3 is 10.5 Å². The molecule has 1 heterocycles. The zero-order valence-corrected chi connectivity index (χ0v) is 11.8. The Morgan fingerprint density at radius 1 is 1.47 bits per heavy atom. The summed E-state index contributed by atoms with van der Waals surface area (Å²) in [4.78, 5) is 16.7. The number of benzene rings is 1. The van der Waals surface area contributed by atoms with Crippen LogP contribution < -0.4 is 10.5 Å². The molecule has 0 aliphatic heterocycles. The van der Waals surface area contributed by atoms with Crippen molar-refractivity contribution in [2.45, 2.75) is 13.3 Å². The highest BCUT2D eigenvalue weighted by molar-refractivity contribution is 7.09. The molecule has 0 saturated heterocycles. The predicted molar refractivity (Wildman–Crippen MR) is 76.0 cm³/mol. The van der Waals surface area contributed by atoms with Crippen molar-refractivity contribution in [1.82, 2.24) is 4.98 Å². The fourth-order valence-corrected chi connectivity index (χ4v) is 2.58. The van der Waals surface area contributed by atoms with Crippen molar-refractivity contribution >= 4 is 17.1 Å². The number of aromatic nitrogens is 1. The van der Waals surface area contributed by atoms with E-state index in [0.717, 1.165) is 10.6 Å². The van der Waals surface area contributed by atoms with E-state index in [2.05, 4.69) is 4.98 Å². The van der Waals surface area contributed by atoms with E-state index in [-0.39, 0.29) is 5.78 Å². The fourth-order valence-electron chi connectivity index (χ4n) is 1.79. The van der Waals surface area contributed by atoms with Crippen LogP contribution in [-0.4, -0.2) is 24.4 Å². The predicted octanol–water partition coefficient (Wildman–Crippen LogP) is 2.19. The maximum Gasteiger partial charge on any atom is 0.215 e. The van der Waals surface area contributed by atoms with Crippen molar-refractivity contribution in [1.29, 1.82) is 0 Å². The molecule has 2 N–H and O–H groups in total. The van der Waals surface area contributed by atoms with E-state index in [1.54, 1.807) is 18.6 Å². The third kappa shape index (κ3) is 3.00. The number of ether oxygens (including phenoxy) is 1. The van der Waals surface area contributed by atoms with Gasteiger partial charge in [0.1, 0.15) is 11.4 Å². The number of nitrogens with zero attached hydrogens (tertiary/aromatic N) is 1. The summed E-state index contributed by atoms with van der Waals surface area (Å²) in [7, 11) is 1.56. The largest absolute Gasteiger partial charge is 0.496 e. The summed E-state index contributed by atoms with van der Waals surface area (Å²) in [5.74, 6) is 0.462. The quantitative estimate of drug-likeness (QED) is 0.850. The number of ketones is 1. The molecule has 2 aromatic rings. The van der Waals surface area contributed by atoms with Gasteiger partial charge in [0.05, 0.1) is 17.7 Å². The fraction of sp³-hybridized carbons (Fsp3) is 0.286. The van der Waals surface area contributed by atoms with Crippen molar-refractivity contribution in [3.05, 3.63) is 45.4 Å². The van der Waals surface area contributed by atoms with Gasteiger partial charge in [-0.1, -0.05) is 11.6 Å². The molecule has 0 fully saturated rings. The van der Waals surface area contributed by atoms with Gasteiger partial charge in [0.2, 0.25) is 5.78 Å². The number of carbonyl (C=O) groups excluding carboxylic acids is 1. The van der Waals surface area contributed by atoms with Crippen LogP contribution in [0, 0.1) is 6.92 Å². The van der Waals surface area contributed by atoms with Gasteiger partial charge >= 0.3 is 0 Å². The van der Waals surface area contributed by atoms with Crippen LogP contribution in [0.3, 0.4) is 0 Å². The molecule has 1 aromatic heterocycles. The second kappa shape index (κ2) is 5.95. The molecule has 19 heavy (non-hydrogen) atoms. The number of methoxy groups -OCH3 is 1. The number of carbonyl (C=O) groups is 1. The van der Waals surface area contributed by atoms with Crippen LogP contribution >= 0.6 is 11.3 Å². The minimum atomic E-state index is -0.111. The number of aryl methyl sites for hydroxylation is 1. The lowest BCUT2D eigenvalue weighted by atomic mass is 10.0. The van der Waals surface area contributed by atoms with E-state index in [0.29, 0.717) is 30.0 Å². The first kappa shape index (κ1) is 13.7. The van der Waals surface area contributed by atoms with Crippen LogP contribution in [-0.2, 0) is 6.42 Å². The second-order valence-corrected chi connectivity index (χ2v) is 5.14. The third-order valence-electron chi connectivity index (χ3n) is 2.74. The van der Waals surface area contributed by atoms with Crippen molar-refractivity contribution in [2.75, 3.05) is 13.7 Å². The van der Waals surface area contributed by atoms with Crippen LogP contribution in [0.1, 0.15) is 26.6 Å². The van der Waals surface area contributed by atoms with Crippen LogP contribution in [0.2, 0.25) is 0 Å². The number of thiazole rings is 1. The molecule has 0 bridgehead atoms. The lowest BCUT2D eigenvalue weighted by Gasteiger charge is -2.07. The zero-order chi connectivity index (χ0) is 13.8. The highest BCUT2D eigenvalue weighted by Gasteiger charge is 2.17. The Morgan fingerprint density at radius 3 is 2.95 bits per heavy atom. The average molecular weight is 276 g/mol. The van der Waals surface area contributed by atoms with Gasteiger partial charge in [0.15, 0.2) is 0 Å². The molecular formula is C14H16N2O2S. The maximum absolute atomic E-state index is 12.4. The molecule has 0 amide bonds. The lowest BCUT2D eigenvalue weighted by Crippen LogP contribution is -2.06.